The maximum absolute atomic E-state index is 14.4. The standard InChI is InChI=1S/C44H67N7O10/c1-10-11-14-29-16-18-30(19-17-29)31-20-22-32(23-21-31)38(53)48-33(15-12-13-24-47-43(59)61-44(5,6)7)41(56)51(9)36(28(4)60-26-27(2)3)39(54)50-37(45)40(55)49-34(42(57)58)25-35(52)46-8/h16-23,27-28,33-34,36-37H,10-15,24-26,45H2,1-9H3,(H,46,52)(H,47,59)(H,48,53)(H,49,55)(H,50,54)(H,57,58)/t28-,33+,34?,36+,37-/m1/s1. The van der Waals surface area contributed by atoms with Crippen LogP contribution < -0.4 is 32.3 Å². The van der Waals surface area contributed by atoms with Gasteiger partial charge in [0.1, 0.15) is 23.7 Å². The summed E-state index contributed by atoms with van der Waals surface area (Å²) < 4.78 is 11.3. The highest BCUT2D eigenvalue weighted by Crippen LogP contribution is 2.22. The molecule has 0 aliphatic rings. The number of alkyl carbamates (subject to hydrolysis) is 1. The van der Waals surface area contributed by atoms with Gasteiger partial charge >= 0.3 is 12.1 Å². The predicted octanol–water partition coefficient (Wildman–Crippen LogP) is 3.48. The highest BCUT2D eigenvalue weighted by molar-refractivity contribution is 5.99. The minimum absolute atomic E-state index is 0.0475. The van der Waals surface area contributed by atoms with Gasteiger partial charge in [-0.05, 0) is 94.5 Å². The first-order valence-electron chi connectivity index (χ1n) is 20.8. The van der Waals surface area contributed by atoms with Gasteiger partial charge in [-0.2, -0.15) is 0 Å². The third-order valence-corrected chi connectivity index (χ3v) is 9.48. The number of likely N-dealkylation sites (N-methyl/N-ethyl adjacent to an activating group) is 1. The SMILES string of the molecule is CCCCc1ccc(-c2ccc(C(=O)N[C@@H](CCCCNC(=O)OC(C)(C)C)C(=O)N(C)[C@H](C(=O)N[C@@H](N)C(=O)NC(CC(=O)NC)C(=O)O)[C@@H](C)OCC(C)C)cc2)cc1. The first-order chi connectivity index (χ1) is 28.7. The van der Waals surface area contributed by atoms with Gasteiger partial charge in [-0.3, -0.25) is 24.0 Å². The largest absolute Gasteiger partial charge is 0.480 e. The molecule has 17 heteroatoms. The van der Waals surface area contributed by atoms with Crippen LogP contribution in [0, 0.1) is 5.92 Å². The number of carboxylic acid groups (broad SMARTS) is 1. The first-order valence-corrected chi connectivity index (χ1v) is 20.8. The van der Waals surface area contributed by atoms with Gasteiger partial charge in [0.2, 0.25) is 17.7 Å². The number of nitrogens with two attached hydrogens (primary N) is 1. The minimum Gasteiger partial charge on any atom is -0.480 e. The average molecular weight is 854 g/mol. The van der Waals surface area contributed by atoms with Crippen molar-refractivity contribution in [3.8, 4) is 11.1 Å². The Balaban J connectivity index is 2.36. The summed E-state index contributed by atoms with van der Waals surface area (Å²) in [5, 5.41) is 21.8. The van der Waals surface area contributed by atoms with Crippen molar-refractivity contribution in [1.82, 2.24) is 31.5 Å². The number of nitrogens with zero attached hydrogens (tertiary/aromatic N) is 1. The van der Waals surface area contributed by atoms with E-state index in [0.29, 0.717) is 18.4 Å². The summed E-state index contributed by atoms with van der Waals surface area (Å²) in [5.74, 6) is -5.26. The maximum Gasteiger partial charge on any atom is 0.407 e. The predicted molar refractivity (Wildman–Crippen MR) is 231 cm³/mol. The second kappa shape index (κ2) is 25.3. The first kappa shape index (κ1) is 51.6. The van der Waals surface area contributed by atoms with Crippen LogP contribution in [0.2, 0.25) is 0 Å². The lowest BCUT2D eigenvalue weighted by Crippen LogP contribution is -2.63. The lowest BCUT2D eigenvalue weighted by Gasteiger charge is -2.35. The Labute approximate surface area is 359 Å². The van der Waals surface area contributed by atoms with Crippen molar-refractivity contribution < 1.29 is 48.1 Å². The van der Waals surface area contributed by atoms with Crippen molar-refractivity contribution >= 4 is 41.6 Å². The highest BCUT2D eigenvalue weighted by Gasteiger charge is 2.38. The average Bonchev–Trinajstić information content (AvgIpc) is 3.20. The van der Waals surface area contributed by atoms with E-state index in [1.54, 1.807) is 39.8 Å². The smallest absolute Gasteiger partial charge is 0.407 e. The van der Waals surface area contributed by atoms with Gasteiger partial charge in [-0.1, -0.05) is 63.6 Å². The molecule has 0 heterocycles. The van der Waals surface area contributed by atoms with Crippen LogP contribution in [-0.4, -0.2) is 115 Å². The van der Waals surface area contributed by atoms with Crippen molar-refractivity contribution in [2.45, 2.75) is 129 Å². The lowest BCUT2D eigenvalue weighted by atomic mass is 10.0. The third-order valence-electron chi connectivity index (χ3n) is 9.48. The number of carbonyl (C=O) groups is 7. The summed E-state index contributed by atoms with van der Waals surface area (Å²) in [7, 11) is 2.67. The van der Waals surface area contributed by atoms with E-state index in [4.69, 9.17) is 15.2 Å². The van der Waals surface area contributed by atoms with E-state index in [2.05, 4.69) is 45.6 Å². The van der Waals surface area contributed by atoms with Crippen LogP contribution in [-0.2, 0) is 39.9 Å². The number of rotatable bonds is 24. The van der Waals surface area contributed by atoms with Crippen molar-refractivity contribution in [1.29, 1.82) is 0 Å². The molecular weight excluding hydrogens is 787 g/mol. The molecule has 0 aliphatic heterocycles. The van der Waals surface area contributed by atoms with E-state index in [9.17, 15) is 38.7 Å². The molecule has 0 radical (unpaired) electrons. The zero-order chi connectivity index (χ0) is 45.9. The third kappa shape index (κ3) is 18.3. The Hall–Kier alpha value is -5.55. The van der Waals surface area contributed by atoms with Crippen LogP contribution in [0.3, 0.4) is 0 Å². The number of ether oxygens (including phenoxy) is 2. The number of hydrogen-bond acceptors (Lipinski definition) is 10. The van der Waals surface area contributed by atoms with Gasteiger partial charge in [-0.15, -0.1) is 0 Å². The van der Waals surface area contributed by atoms with Crippen molar-refractivity contribution in [3.05, 3.63) is 59.7 Å². The van der Waals surface area contributed by atoms with Crippen molar-refractivity contribution in [2.24, 2.45) is 11.7 Å². The molecule has 6 amide bonds. The molecule has 338 valence electrons. The van der Waals surface area contributed by atoms with Crippen LogP contribution in [0.1, 0.15) is 103 Å². The molecule has 2 aromatic carbocycles. The molecule has 61 heavy (non-hydrogen) atoms. The number of nitrogens with one attached hydrogen (secondary N) is 5. The number of aryl methyl sites for hydroxylation is 1. The summed E-state index contributed by atoms with van der Waals surface area (Å²) in [5.41, 5.74) is 8.76. The molecule has 8 N–H and O–H groups in total. The zero-order valence-corrected chi connectivity index (χ0v) is 37.1. The number of carbonyl (C=O) groups excluding carboxylic acids is 6. The fraction of sp³-hybridized carbons (Fsp3) is 0.568. The van der Waals surface area contributed by atoms with Gasteiger partial charge < -0.3 is 51.8 Å². The Morgan fingerprint density at radius 3 is 1.97 bits per heavy atom. The van der Waals surface area contributed by atoms with E-state index >= 15 is 0 Å². The molecule has 2 rings (SSSR count). The number of carboxylic acids is 1. The second-order valence-electron chi connectivity index (χ2n) is 16.4. The zero-order valence-electron chi connectivity index (χ0n) is 37.1. The van der Waals surface area contributed by atoms with Crippen LogP contribution in [0.5, 0.6) is 0 Å². The molecule has 0 saturated carbocycles. The molecular formula is C44H67N7O10. The quantitative estimate of drug-likeness (QED) is 0.0595. The highest BCUT2D eigenvalue weighted by atomic mass is 16.6. The molecule has 0 spiro atoms. The number of hydrogen-bond donors (Lipinski definition) is 7. The van der Waals surface area contributed by atoms with Gasteiger partial charge in [0.15, 0.2) is 6.17 Å². The van der Waals surface area contributed by atoms with E-state index in [0.717, 1.165) is 35.3 Å². The summed E-state index contributed by atoms with van der Waals surface area (Å²) in [6, 6.07) is 11.1. The normalized spacial score (nSPS) is 13.8. The molecule has 0 saturated heterocycles. The van der Waals surface area contributed by atoms with Gasteiger partial charge in [0.05, 0.1) is 12.5 Å². The van der Waals surface area contributed by atoms with E-state index in [1.807, 2.05) is 38.1 Å². The molecule has 0 aromatic heterocycles. The fourth-order valence-corrected chi connectivity index (χ4v) is 6.11. The molecule has 5 atom stereocenters. The summed E-state index contributed by atoms with van der Waals surface area (Å²) >= 11 is 0. The van der Waals surface area contributed by atoms with E-state index in [1.165, 1.54) is 19.7 Å². The Kier molecular flexibility index (Phi) is 21.4. The van der Waals surface area contributed by atoms with Gasteiger partial charge in [-0.25, -0.2) is 9.59 Å². The van der Waals surface area contributed by atoms with Gasteiger partial charge in [0.25, 0.3) is 11.8 Å². The monoisotopic (exact) mass is 853 g/mol. The molecule has 0 fully saturated rings. The van der Waals surface area contributed by atoms with Crippen LogP contribution in [0.15, 0.2) is 48.5 Å². The molecule has 17 nitrogen and oxygen atoms in total. The van der Waals surface area contributed by atoms with Crippen LogP contribution >= 0.6 is 0 Å². The molecule has 1 unspecified atom stereocenters. The molecule has 2 aromatic rings. The second-order valence-corrected chi connectivity index (χ2v) is 16.4. The Bertz CT molecular complexity index is 1760. The topological polar surface area (TPSA) is 248 Å². The minimum atomic E-state index is -1.78. The summed E-state index contributed by atoms with van der Waals surface area (Å²) in [6.07, 6.45) is 0.223. The number of benzene rings is 2. The van der Waals surface area contributed by atoms with Crippen LogP contribution in [0.4, 0.5) is 4.79 Å². The number of amides is 6. The van der Waals surface area contributed by atoms with E-state index < -0.39 is 84.0 Å². The number of unbranched alkanes of at least 4 members (excludes halogenated alkanes) is 2. The van der Waals surface area contributed by atoms with E-state index in [-0.39, 0.29) is 25.5 Å². The van der Waals surface area contributed by atoms with Crippen molar-refractivity contribution in [2.75, 3.05) is 27.2 Å². The fourth-order valence-electron chi connectivity index (χ4n) is 6.11. The summed E-state index contributed by atoms with van der Waals surface area (Å²) in [4.78, 5) is 91.9. The number of aliphatic carboxylic acids is 1. The lowest BCUT2D eigenvalue weighted by molar-refractivity contribution is -0.147. The van der Waals surface area contributed by atoms with Crippen molar-refractivity contribution in [3.63, 3.8) is 0 Å². The Morgan fingerprint density at radius 2 is 1.43 bits per heavy atom. The molecule has 0 aliphatic carbocycles. The van der Waals surface area contributed by atoms with Crippen LogP contribution in [0.25, 0.3) is 11.1 Å². The molecule has 0 bridgehead atoms. The van der Waals surface area contributed by atoms with Gasteiger partial charge in [0, 0.05) is 32.8 Å². The maximum atomic E-state index is 14.4. The summed E-state index contributed by atoms with van der Waals surface area (Å²) in [6.45, 7) is 13.2. The Morgan fingerprint density at radius 1 is 0.820 bits per heavy atom.